The van der Waals surface area contributed by atoms with Gasteiger partial charge in [0, 0.05) is 31.4 Å². The van der Waals surface area contributed by atoms with E-state index in [2.05, 4.69) is 15.3 Å². The topological polar surface area (TPSA) is 83.8 Å². The van der Waals surface area contributed by atoms with E-state index in [0.29, 0.717) is 23.1 Å². The fourth-order valence-electron chi connectivity index (χ4n) is 4.30. The average Bonchev–Trinajstić information content (AvgIpc) is 3.08. The molecule has 8 heteroatoms. The fraction of sp³-hybridized carbons (Fsp3) is 0.579. The zero-order chi connectivity index (χ0) is 19.0. The van der Waals surface area contributed by atoms with Crippen molar-refractivity contribution >= 4 is 21.3 Å². The van der Waals surface area contributed by atoms with Gasteiger partial charge in [-0.15, -0.1) is 0 Å². The van der Waals surface area contributed by atoms with Crippen molar-refractivity contribution in [2.45, 2.75) is 44.7 Å². The van der Waals surface area contributed by atoms with Crippen molar-refractivity contribution in [2.75, 3.05) is 24.6 Å². The van der Waals surface area contributed by atoms with Crippen molar-refractivity contribution < 1.29 is 13.2 Å². The zero-order valence-electron chi connectivity index (χ0n) is 15.6. The molecule has 2 aliphatic rings. The Morgan fingerprint density at radius 3 is 2.59 bits per heavy atom. The molecule has 0 saturated carbocycles. The standard InChI is InChI=1S/C19H26N4O3S/c1-14-3-2-8-23-18(14)17(13-20-23)19(24)21-15-4-9-22(10-5-15)16-6-11-27(25,26)12-7-16/h2-3,8,13,15-16H,4-7,9-12H2,1H3,(H,21,24). The van der Waals surface area contributed by atoms with E-state index in [4.69, 9.17) is 0 Å². The lowest BCUT2D eigenvalue weighted by atomic mass is 10.0. The van der Waals surface area contributed by atoms with Crippen LogP contribution in [0.5, 0.6) is 0 Å². The number of hydrogen-bond donors (Lipinski definition) is 1. The zero-order valence-corrected chi connectivity index (χ0v) is 16.4. The molecule has 1 amide bonds. The van der Waals surface area contributed by atoms with Crippen LogP contribution in [-0.4, -0.2) is 65.5 Å². The van der Waals surface area contributed by atoms with Crippen LogP contribution in [0.1, 0.15) is 41.6 Å². The number of amides is 1. The van der Waals surface area contributed by atoms with Crippen LogP contribution in [0.15, 0.2) is 24.5 Å². The molecule has 4 heterocycles. The fourth-order valence-corrected chi connectivity index (χ4v) is 5.76. The molecule has 0 aliphatic carbocycles. The molecule has 2 fully saturated rings. The molecule has 2 saturated heterocycles. The lowest BCUT2D eigenvalue weighted by Crippen LogP contribution is -2.49. The molecule has 146 valence electrons. The average molecular weight is 391 g/mol. The minimum atomic E-state index is -2.82. The first-order valence-electron chi connectivity index (χ1n) is 9.61. The highest BCUT2D eigenvalue weighted by Crippen LogP contribution is 2.23. The summed E-state index contributed by atoms with van der Waals surface area (Å²) in [6.07, 6.45) is 6.75. The Morgan fingerprint density at radius 1 is 1.19 bits per heavy atom. The Labute approximate surface area is 159 Å². The van der Waals surface area contributed by atoms with Gasteiger partial charge >= 0.3 is 0 Å². The number of carbonyl (C=O) groups excluding carboxylic acids is 1. The number of hydrogen-bond acceptors (Lipinski definition) is 5. The van der Waals surface area contributed by atoms with Gasteiger partial charge in [0.15, 0.2) is 0 Å². The Kier molecular flexibility index (Phi) is 4.94. The maximum absolute atomic E-state index is 12.8. The number of aryl methyl sites for hydroxylation is 1. The number of rotatable bonds is 3. The van der Waals surface area contributed by atoms with E-state index in [1.165, 1.54) is 0 Å². The van der Waals surface area contributed by atoms with Crippen LogP contribution in [0, 0.1) is 6.92 Å². The van der Waals surface area contributed by atoms with Gasteiger partial charge < -0.3 is 10.2 Å². The van der Waals surface area contributed by atoms with Crippen molar-refractivity contribution in [3.63, 3.8) is 0 Å². The summed E-state index contributed by atoms with van der Waals surface area (Å²) in [7, 11) is -2.82. The molecule has 4 rings (SSSR count). The molecule has 0 bridgehead atoms. The molecule has 2 aromatic heterocycles. The highest BCUT2D eigenvalue weighted by Gasteiger charge is 2.31. The summed E-state index contributed by atoms with van der Waals surface area (Å²) in [6.45, 7) is 3.80. The van der Waals surface area contributed by atoms with E-state index < -0.39 is 9.84 Å². The quantitative estimate of drug-likeness (QED) is 0.857. The monoisotopic (exact) mass is 390 g/mol. The predicted octanol–water partition coefficient (Wildman–Crippen LogP) is 1.41. The summed E-state index contributed by atoms with van der Waals surface area (Å²) in [6, 6.07) is 4.42. The Hall–Kier alpha value is -1.93. The highest BCUT2D eigenvalue weighted by atomic mass is 32.2. The Morgan fingerprint density at radius 2 is 1.89 bits per heavy atom. The molecular weight excluding hydrogens is 364 g/mol. The number of aromatic nitrogens is 2. The van der Waals surface area contributed by atoms with E-state index in [1.54, 1.807) is 10.7 Å². The number of piperidine rings is 1. The first-order valence-corrected chi connectivity index (χ1v) is 11.4. The van der Waals surface area contributed by atoms with Gasteiger partial charge in [0.25, 0.3) is 5.91 Å². The molecule has 0 radical (unpaired) electrons. The maximum Gasteiger partial charge on any atom is 0.255 e. The van der Waals surface area contributed by atoms with Crippen LogP contribution in [-0.2, 0) is 9.84 Å². The number of nitrogens with zero attached hydrogens (tertiary/aromatic N) is 3. The van der Waals surface area contributed by atoms with Gasteiger partial charge in [-0.3, -0.25) is 4.79 Å². The van der Waals surface area contributed by atoms with Crippen molar-refractivity contribution in [2.24, 2.45) is 0 Å². The summed E-state index contributed by atoms with van der Waals surface area (Å²) >= 11 is 0. The third-order valence-corrected chi connectivity index (χ3v) is 7.61. The number of pyridine rings is 1. The predicted molar refractivity (Wildman–Crippen MR) is 104 cm³/mol. The Balaban J connectivity index is 1.34. The third kappa shape index (κ3) is 3.87. The molecule has 0 aromatic carbocycles. The van der Waals surface area contributed by atoms with E-state index in [1.807, 2.05) is 25.3 Å². The highest BCUT2D eigenvalue weighted by molar-refractivity contribution is 7.91. The molecular formula is C19H26N4O3S. The van der Waals surface area contributed by atoms with E-state index in [9.17, 15) is 13.2 Å². The minimum Gasteiger partial charge on any atom is -0.349 e. The first-order chi connectivity index (χ1) is 12.9. The van der Waals surface area contributed by atoms with Crippen LogP contribution in [0.2, 0.25) is 0 Å². The van der Waals surface area contributed by atoms with Gasteiger partial charge in [-0.2, -0.15) is 5.10 Å². The van der Waals surface area contributed by atoms with Crippen LogP contribution >= 0.6 is 0 Å². The molecule has 7 nitrogen and oxygen atoms in total. The lowest BCUT2D eigenvalue weighted by Gasteiger charge is -2.39. The van der Waals surface area contributed by atoms with Gasteiger partial charge in [-0.25, -0.2) is 12.9 Å². The minimum absolute atomic E-state index is 0.0680. The van der Waals surface area contributed by atoms with E-state index in [0.717, 1.165) is 49.9 Å². The van der Waals surface area contributed by atoms with Gasteiger partial charge in [0.05, 0.1) is 28.8 Å². The summed E-state index contributed by atoms with van der Waals surface area (Å²) in [5, 5.41) is 7.44. The molecule has 2 aliphatic heterocycles. The maximum atomic E-state index is 12.8. The van der Waals surface area contributed by atoms with Crippen LogP contribution in [0.3, 0.4) is 0 Å². The molecule has 2 aromatic rings. The molecule has 0 spiro atoms. The summed E-state index contributed by atoms with van der Waals surface area (Å²) in [5.41, 5.74) is 2.51. The van der Waals surface area contributed by atoms with Gasteiger partial charge in [0.1, 0.15) is 9.84 Å². The van der Waals surface area contributed by atoms with Crippen LogP contribution < -0.4 is 5.32 Å². The normalized spacial score (nSPS) is 22.1. The summed E-state index contributed by atoms with van der Waals surface area (Å²) < 4.78 is 25.0. The smallest absolute Gasteiger partial charge is 0.255 e. The van der Waals surface area contributed by atoms with Crippen molar-refractivity contribution in [1.29, 1.82) is 0 Å². The van der Waals surface area contributed by atoms with Crippen molar-refractivity contribution in [3.05, 3.63) is 35.7 Å². The van der Waals surface area contributed by atoms with Crippen molar-refractivity contribution in [3.8, 4) is 0 Å². The number of nitrogens with one attached hydrogen (secondary N) is 1. The number of sulfone groups is 1. The Bertz CT molecular complexity index is 931. The number of likely N-dealkylation sites (tertiary alicyclic amines) is 1. The second kappa shape index (κ2) is 7.24. The molecule has 0 atom stereocenters. The SMILES string of the molecule is Cc1cccn2ncc(C(=O)NC3CCN(C4CCS(=O)(=O)CC4)CC3)c12. The van der Waals surface area contributed by atoms with Crippen molar-refractivity contribution in [1.82, 2.24) is 19.8 Å². The number of fused-ring (bicyclic) bond motifs is 1. The third-order valence-electron chi connectivity index (χ3n) is 5.89. The van der Waals surface area contributed by atoms with Gasteiger partial charge in [0.2, 0.25) is 0 Å². The first kappa shape index (κ1) is 18.4. The summed E-state index contributed by atoms with van der Waals surface area (Å²) in [4.78, 5) is 15.1. The lowest BCUT2D eigenvalue weighted by molar-refractivity contribution is 0.0887. The van der Waals surface area contributed by atoms with Crippen LogP contribution in [0.25, 0.3) is 5.52 Å². The van der Waals surface area contributed by atoms with E-state index >= 15 is 0 Å². The second-order valence-corrected chi connectivity index (χ2v) is 10.0. The largest absolute Gasteiger partial charge is 0.349 e. The molecule has 0 unspecified atom stereocenters. The van der Waals surface area contributed by atoms with Crippen LogP contribution in [0.4, 0.5) is 0 Å². The molecule has 27 heavy (non-hydrogen) atoms. The number of carbonyl (C=O) groups is 1. The second-order valence-electron chi connectivity index (χ2n) is 7.71. The molecule has 1 N–H and O–H groups in total. The van der Waals surface area contributed by atoms with Gasteiger partial charge in [-0.1, -0.05) is 6.07 Å². The van der Waals surface area contributed by atoms with Gasteiger partial charge in [-0.05, 0) is 44.2 Å². The van der Waals surface area contributed by atoms with E-state index in [-0.39, 0.29) is 11.9 Å². The summed E-state index contributed by atoms with van der Waals surface area (Å²) in [5.74, 6) is 0.548.